The Labute approximate surface area is 213 Å². The van der Waals surface area contributed by atoms with Crippen molar-refractivity contribution in [3.8, 4) is 0 Å². The van der Waals surface area contributed by atoms with E-state index in [-0.39, 0.29) is 37.4 Å². The number of hydrogen-bond acceptors (Lipinski definition) is 5. The number of thiophene rings is 1. The van der Waals surface area contributed by atoms with Crippen LogP contribution >= 0.6 is 11.3 Å². The highest BCUT2D eigenvalue weighted by Crippen LogP contribution is 2.25. The molecule has 36 heavy (non-hydrogen) atoms. The van der Waals surface area contributed by atoms with Gasteiger partial charge in [0.25, 0.3) is 5.91 Å². The molecule has 184 valence electrons. The molecule has 0 aliphatic rings. The summed E-state index contributed by atoms with van der Waals surface area (Å²) < 4.78 is 5.35. The smallest absolute Gasteiger partial charge is 0.261 e. The second-order valence-electron chi connectivity index (χ2n) is 8.28. The summed E-state index contributed by atoms with van der Waals surface area (Å²) in [5, 5.41) is 7.39. The van der Waals surface area contributed by atoms with Gasteiger partial charge in [0.2, 0.25) is 11.8 Å². The standard InChI is InChI=1S/C28H27N3O4S/c1-20-11-13-22(14-12-20)26(28(34)29-17-23-9-5-15-35-23)31(19-21-7-3-2-4-8-21)25(32)18-30-27(33)24-10-6-16-36-24/h2-16,26H,17-19H2,1H3,(H,29,34)(H,30,33). The van der Waals surface area contributed by atoms with Crippen molar-refractivity contribution in [3.63, 3.8) is 0 Å². The van der Waals surface area contributed by atoms with Gasteiger partial charge in [0, 0.05) is 6.54 Å². The average molecular weight is 502 g/mol. The van der Waals surface area contributed by atoms with Crippen LogP contribution in [0, 0.1) is 6.92 Å². The van der Waals surface area contributed by atoms with Crippen LogP contribution in [0.5, 0.6) is 0 Å². The van der Waals surface area contributed by atoms with Crippen molar-refractivity contribution >= 4 is 29.1 Å². The van der Waals surface area contributed by atoms with Crippen molar-refractivity contribution in [2.24, 2.45) is 0 Å². The topological polar surface area (TPSA) is 91.7 Å². The minimum absolute atomic E-state index is 0.191. The highest BCUT2D eigenvalue weighted by atomic mass is 32.1. The van der Waals surface area contributed by atoms with Gasteiger partial charge in [-0.15, -0.1) is 11.3 Å². The minimum atomic E-state index is -0.910. The number of furan rings is 1. The molecule has 2 aromatic carbocycles. The van der Waals surface area contributed by atoms with Crippen LogP contribution in [0.15, 0.2) is 94.9 Å². The predicted octanol–water partition coefficient (Wildman–Crippen LogP) is 4.47. The van der Waals surface area contributed by atoms with Crippen molar-refractivity contribution in [2.45, 2.75) is 26.1 Å². The van der Waals surface area contributed by atoms with E-state index in [0.717, 1.165) is 11.1 Å². The molecule has 0 aliphatic carbocycles. The SMILES string of the molecule is Cc1ccc(C(C(=O)NCc2ccco2)N(Cc2ccccc2)C(=O)CNC(=O)c2cccs2)cc1. The maximum absolute atomic E-state index is 13.6. The molecule has 2 aromatic heterocycles. The van der Waals surface area contributed by atoms with Gasteiger partial charge in [0.1, 0.15) is 11.8 Å². The number of hydrogen-bond donors (Lipinski definition) is 2. The minimum Gasteiger partial charge on any atom is -0.467 e. The fraction of sp³-hybridized carbons (Fsp3) is 0.179. The van der Waals surface area contributed by atoms with E-state index in [1.807, 2.05) is 61.5 Å². The largest absolute Gasteiger partial charge is 0.467 e. The van der Waals surface area contributed by atoms with E-state index < -0.39 is 6.04 Å². The zero-order chi connectivity index (χ0) is 25.3. The third-order valence-electron chi connectivity index (χ3n) is 5.63. The quantitative estimate of drug-likeness (QED) is 0.336. The van der Waals surface area contributed by atoms with Gasteiger partial charge in [0.05, 0.1) is 24.2 Å². The van der Waals surface area contributed by atoms with Crippen LogP contribution in [0.1, 0.15) is 38.2 Å². The van der Waals surface area contributed by atoms with Crippen LogP contribution in [0.3, 0.4) is 0 Å². The summed E-state index contributed by atoms with van der Waals surface area (Å²) in [6.45, 7) is 2.11. The molecule has 4 aromatic rings. The second kappa shape index (κ2) is 12.0. The first-order chi connectivity index (χ1) is 17.5. The van der Waals surface area contributed by atoms with Gasteiger partial charge in [-0.25, -0.2) is 0 Å². The lowest BCUT2D eigenvalue weighted by atomic mass is 10.0. The lowest BCUT2D eigenvalue weighted by molar-refractivity contribution is -0.141. The summed E-state index contributed by atoms with van der Waals surface area (Å²) in [5.74, 6) is -0.436. The molecule has 0 spiro atoms. The number of aryl methyl sites for hydroxylation is 1. The van der Waals surface area contributed by atoms with E-state index in [0.29, 0.717) is 16.2 Å². The Morgan fingerprint density at radius 3 is 2.36 bits per heavy atom. The lowest BCUT2D eigenvalue weighted by Crippen LogP contribution is -2.46. The Kier molecular flexibility index (Phi) is 8.31. The maximum atomic E-state index is 13.6. The van der Waals surface area contributed by atoms with E-state index in [9.17, 15) is 14.4 Å². The Hall–Kier alpha value is -4.17. The highest BCUT2D eigenvalue weighted by Gasteiger charge is 2.32. The van der Waals surface area contributed by atoms with Gasteiger partial charge in [-0.05, 0) is 41.6 Å². The molecular formula is C28H27N3O4S. The summed E-state index contributed by atoms with van der Waals surface area (Å²) in [7, 11) is 0. The number of benzene rings is 2. The molecule has 3 amide bonds. The fourth-order valence-electron chi connectivity index (χ4n) is 3.76. The summed E-state index contributed by atoms with van der Waals surface area (Å²) in [6, 6.07) is 23.1. The van der Waals surface area contributed by atoms with Gasteiger partial charge in [-0.3, -0.25) is 14.4 Å². The Balaban J connectivity index is 1.62. The molecule has 1 atom stereocenters. The molecule has 8 heteroatoms. The van der Waals surface area contributed by atoms with E-state index in [1.165, 1.54) is 16.2 Å². The van der Waals surface area contributed by atoms with Crippen LogP contribution in [-0.2, 0) is 22.7 Å². The molecule has 1 unspecified atom stereocenters. The fourth-order valence-corrected chi connectivity index (χ4v) is 4.40. The number of nitrogens with zero attached hydrogens (tertiary/aromatic N) is 1. The molecule has 2 heterocycles. The Bertz CT molecular complexity index is 1270. The van der Waals surface area contributed by atoms with Crippen LogP contribution in [-0.4, -0.2) is 29.2 Å². The number of rotatable bonds is 10. The number of nitrogens with one attached hydrogen (secondary N) is 2. The summed E-state index contributed by atoms with van der Waals surface area (Å²) in [5.41, 5.74) is 2.58. The normalized spacial score (nSPS) is 11.5. The van der Waals surface area contributed by atoms with Crippen LogP contribution in [0.25, 0.3) is 0 Å². The van der Waals surface area contributed by atoms with Gasteiger partial charge < -0.3 is 20.0 Å². The molecule has 0 radical (unpaired) electrons. The van der Waals surface area contributed by atoms with E-state index in [2.05, 4.69) is 10.6 Å². The van der Waals surface area contributed by atoms with Crippen molar-refractivity contribution in [2.75, 3.05) is 6.54 Å². The zero-order valence-corrected chi connectivity index (χ0v) is 20.7. The third-order valence-corrected chi connectivity index (χ3v) is 6.50. The highest BCUT2D eigenvalue weighted by molar-refractivity contribution is 7.12. The van der Waals surface area contributed by atoms with Gasteiger partial charge in [0.15, 0.2) is 0 Å². The monoisotopic (exact) mass is 501 g/mol. The molecule has 0 bridgehead atoms. The van der Waals surface area contributed by atoms with Crippen molar-refractivity contribution in [1.82, 2.24) is 15.5 Å². The zero-order valence-electron chi connectivity index (χ0n) is 19.8. The van der Waals surface area contributed by atoms with Crippen molar-refractivity contribution in [1.29, 1.82) is 0 Å². The number of amides is 3. The average Bonchev–Trinajstić information content (AvgIpc) is 3.62. The van der Waals surface area contributed by atoms with Crippen molar-refractivity contribution in [3.05, 3.63) is 118 Å². The first kappa shape index (κ1) is 24.9. The molecule has 2 N–H and O–H groups in total. The van der Waals surface area contributed by atoms with E-state index >= 15 is 0 Å². The lowest BCUT2D eigenvalue weighted by Gasteiger charge is -2.31. The Morgan fingerprint density at radius 1 is 0.917 bits per heavy atom. The molecule has 4 rings (SSSR count). The molecule has 0 aliphatic heterocycles. The van der Waals surface area contributed by atoms with Gasteiger partial charge >= 0.3 is 0 Å². The molecular weight excluding hydrogens is 474 g/mol. The molecule has 7 nitrogen and oxygen atoms in total. The van der Waals surface area contributed by atoms with Gasteiger partial charge in [-0.2, -0.15) is 0 Å². The maximum Gasteiger partial charge on any atom is 0.261 e. The second-order valence-corrected chi connectivity index (χ2v) is 9.23. The summed E-state index contributed by atoms with van der Waals surface area (Å²) >= 11 is 1.30. The number of carbonyl (C=O) groups is 3. The van der Waals surface area contributed by atoms with Crippen LogP contribution < -0.4 is 10.6 Å². The van der Waals surface area contributed by atoms with Crippen LogP contribution in [0.2, 0.25) is 0 Å². The third kappa shape index (κ3) is 6.49. The van der Waals surface area contributed by atoms with Gasteiger partial charge in [-0.1, -0.05) is 66.2 Å². The number of carbonyl (C=O) groups excluding carboxylic acids is 3. The predicted molar refractivity (Wildman–Crippen MR) is 138 cm³/mol. The molecule has 0 saturated heterocycles. The molecule has 0 fully saturated rings. The first-order valence-corrected chi connectivity index (χ1v) is 12.4. The first-order valence-electron chi connectivity index (χ1n) is 11.5. The van der Waals surface area contributed by atoms with Crippen LogP contribution in [0.4, 0.5) is 0 Å². The van der Waals surface area contributed by atoms with E-state index in [4.69, 9.17) is 4.42 Å². The van der Waals surface area contributed by atoms with Crippen molar-refractivity contribution < 1.29 is 18.8 Å². The summed E-state index contributed by atoms with van der Waals surface area (Å²) in [6.07, 6.45) is 1.54. The van der Waals surface area contributed by atoms with E-state index in [1.54, 1.807) is 35.9 Å². The molecule has 0 saturated carbocycles. The Morgan fingerprint density at radius 2 is 1.69 bits per heavy atom. The summed E-state index contributed by atoms with van der Waals surface area (Å²) in [4.78, 5) is 41.6.